The van der Waals surface area contributed by atoms with E-state index in [-0.39, 0.29) is 16.8 Å². The number of piperidine rings is 1. The summed E-state index contributed by atoms with van der Waals surface area (Å²) in [5, 5.41) is 2.96. The highest BCUT2D eigenvalue weighted by molar-refractivity contribution is 7.89. The molecule has 0 bridgehead atoms. The first-order valence-electron chi connectivity index (χ1n) is 10.4. The van der Waals surface area contributed by atoms with Crippen molar-refractivity contribution in [1.82, 2.24) is 14.5 Å². The van der Waals surface area contributed by atoms with E-state index in [0.717, 1.165) is 18.4 Å². The standard InChI is InChI=1S/C23H31N3O3S/c1-18-13-15-26(16-14-18)30(28,29)21-11-9-20(10-12-21)23(27)24-17-22(25(2)3)19-7-5-4-6-8-19/h4-12,18,22H,13-17H2,1-3H3,(H,24,27). The molecule has 1 amide bonds. The van der Waals surface area contributed by atoms with E-state index in [2.05, 4.69) is 17.1 Å². The molecule has 0 spiro atoms. The number of sulfonamides is 1. The lowest BCUT2D eigenvalue weighted by molar-refractivity contribution is 0.0942. The van der Waals surface area contributed by atoms with Crippen molar-refractivity contribution in [2.45, 2.75) is 30.7 Å². The Morgan fingerprint density at radius 3 is 2.23 bits per heavy atom. The van der Waals surface area contributed by atoms with Crippen molar-refractivity contribution < 1.29 is 13.2 Å². The molecule has 2 aromatic carbocycles. The number of hydrogen-bond acceptors (Lipinski definition) is 4. The third kappa shape index (κ3) is 5.28. The number of amides is 1. The van der Waals surface area contributed by atoms with E-state index in [1.165, 1.54) is 12.1 Å². The van der Waals surface area contributed by atoms with Gasteiger partial charge in [0.1, 0.15) is 0 Å². The zero-order valence-electron chi connectivity index (χ0n) is 17.9. The fourth-order valence-electron chi connectivity index (χ4n) is 3.72. The molecule has 2 aromatic rings. The van der Waals surface area contributed by atoms with Gasteiger partial charge in [-0.05, 0) is 62.7 Å². The maximum atomic E-state index is 12.8. The van der Waals surface area contributed by atoms with Gasteiger partial charge in [-0.1, -0.05) is 37.3 Å². The monoisotopic (exact) mass is 429 g/mol. The fourth-order valence-corrected chi connectivity index (χ4v) is 5.19. The van der Waals surface area contributed by atoms with E-state index in [0.29, 0.717) is 31.1 Å². The number of nitrogens with zero attached hydrogens (tertiary/aromatic N) is 2. The predicted octanol–water partition coefficient (Wildman–Crippen LogP) is 3.14. The summed E-state index contributed by atoms with van der Waals surface area (Å²) in [6.07, 6.45) is 1.77. The molecule has 1 atom stereocenters. The van der Waals surface area contributed by atoms with E-state index in [1.807, 2.05) is 44.4 Å². The topological polar surface area (TPSA) is 69.7 Å². The highest BCUT2D eigenvalue weighted by Crippen LogP contribution is 2.24. The molecule has 1 saturated heterocycles. The number of benzene rings is 2. The Morgan fingerprint density at radius 2 is 1.67 bits per heavy atom. The maximum absolute atomic E-state index is 12.8. The number of carbonyl (C=O) groups excluding carboxylic acids is 1. The van der Waals surface area contributed by atoms with Crippen molar-refractivity contribution >= 4 is 15.9 Å². The van der Waals surface area contributed by atoms with Crippen LogP contribution in [-0.2, 0) is 10.0 Å². The minimum absolute atomic E-state index is 0.0521. The highest BCUT2D eigenvalue weighted by Gasteiger charge is 2.28. The number of hydrogen-bond donors (Lipinski definition) is 1. The first kappa shape index (κ1) is 22.5. The number of rotatable bonds is 7. The predicted molar refractivity (Wildman–Crippen MR) is 119 cm³/mol. The van der Waals surface area contributed by atoms with Crippen molar-refractivity contribution in [2.75, 3.05) is 33.7 Å². The zero-order chi connectivity index (χ0) is 21.7. The second kappa shape index (κ2) is 9.73. The Bertz CT molecular complexity index is 935. The molecule has 0 saturated carbocycles. The molecule has 0 aromatic heterocycles. The van der Waals surface area contributed by atoms with E-state index in [4.69, 9.17) is 0 Å². The molecule has 162 valence electrons. The Kier molecular flexibility index (Phi) is 7.28. The lowest BCUT2D eigenvalue weighted by atomic mass is 10.0. The molecular weight excluding hydrogens is 398 g/mol. The van der Waals surface area contributed by atoms with Gasteiger partial charge >= 0.3 is 0 Å². The van der Waals surface area contributed by atoms with E-state index < -0.39 is 10.0 Å². The summed E-state index contributed by atoms with van der Waals surface area (Å²) in [4.78, 5) is 14.9. The Hall–Kier alpha value is -2.22. The molecule has 3 rings (SSSR count). The van der Waals surface area contributed by atoms with Gasteiger partial charge in [0.15, 0.2) is 0 Å². The van der Waals surface area contributed by atoms with E-state index >= 15 is 0 Å². The van der Waals surface area contributed by atoms with Gasteiger partial charge in [0, 0.05) is 25.2 Å². The molecule has 6 nitrogen and oxygen atoms in total. The Balaban J connectivity index is 1.65. The van der Waals surface area contributed by atoms with E-state index in [9.17, 15) is 13.2 Å². The van der Waals surface area contributed by atoms with Gasteiger partial charge in [0.2, 0.25) is 10.0 Å². The van der Waals surface area contributed by atoms with Crippen LogP contribution in [-0.4, -0.2) is 57.3 Å². The highest BCUT2D eigenvalue weighted by atomic mass is 32.2. The summed E-state index contributed by atoms with van der Waals surface area (Å²) < 4.78 is 27.2. The van der Waals surface area contributed by atoms with Crippen molar-refractivity contribution in [3.63, 3.8) is 0 Å². The van der Waals surface area contributed by atoms with E-state index in [1.54, 1.807) is 16.4 Å². The van der Waals surface area contributed by atoms with Gasteiger partial charge in [-0.15, -0.1) is 0 Å². The summed E-state index contributed by atoms with van der Waals surface area (Å²) in [5.74, 6) is 0.345. The third-order valence-corrected chi connectivity index (χ3v) is 7.67. The second-order valence-electron chi connectivity index (χ2n) is 8.21. The average Bonchev–Trinajstić information content (AvgIpc) is 2.74. The Morgan fingerprint density at radius 1 is 1.07 bits per heavy atom. The summed E-state index contributed by atoms with van der Waals surface area (Å²) in [6.45, 7) is 3.71. The summed E-state index contributed by atoms with van der Waals surface area (Å²) in [6, 6.07) is 16.3. The zero-order valence-corrected chi connectivity index (χ0v) is 18.7. The average molecular weight is 430 g/mol. The minimum atomic E-state index is -3.51. The summed E-state index contributed by atoms with van der Waals surface area (Å²) >= 11 is 0. The molecule has 0 radical (unpaired) electrons. The molecule has 1 fully saturated rings. The van der Waals surface area contributed by atoms with Crippen LogP contribution in [0.25, 0.3) is 0 Å². The Labute approximate surface area is 179 Å². The van der Waals surface area contributed by atoms with Crippen LogP contribution in [0.5, 0.6) is 0 Å². The lowest BCUT2D eigenvalue weighted by Gasteiger charge is -2.29. The molecule has 0 aliphatic carbocycles. The molecular formula is C23H31N3O3S. The van der Waals surface area contributed by atoms with Crippen molar-refractivity contribution in [3.05, 3.63) is 65.7 Å². The summed E-state index contributed by atoms with van der Waals surface area (Å²) in [5.41, 5.74) is 1.58. The van der Waals surface area contributed by atoms with Crippen LogP contribution in [0.4, 0.5) is 0 Å². The molecule has 30 heavy (non-hydrogen) atoms. The van der Waals surface area contributed by atoms with Gasteiger partial charge in [-0.25, -0.2) is 8.42 Å². The lowest BCUT2D eigenvalue weighted by Crippen LogP contribution is -2.38. The van der Waals surface area contributed by atoms with Crippen LogP contribution >= 0.6 is 0 Å². The van der Waals surface area contributed by atoms with Gasteiger partial charge < -0.3 is 10.2 Å². The van der Waals surface area contributed by atoms with Gasteiger partial charge in [0.05, 0.1) is 10.9 Å². The van der Waals surface area contributed by atoms with Crippen LogP contribution in [0.2, 0.25) is 0 Å². The quantitative estimate of drug-likeness (QED) is 0.734. The number of likely N-dealkylation sites (N-methyl/N-ethyl adjacent to an activating group) is 1. The van der Waals surface area contributed by atoms with Crippen LogP contribution in [0.15, 0.2) is 59.5 Å². The third-order valence-electron chi connectivity index (χ3n) is 5.76. The second-order valence-corrected chi connectivity index (χ2v) is 10.1. The molecule has 7 heteroatoms. The van der Waals surface area contributed by atoms with Crippen molar-refractivity contribution in [1.29, 1.82) is 0 Å². The van der Waals surface area contributed by atoms with Crippen molar-refractivity contribution in [2.24, 2.45) is 5.92 Å². The van der Waals surface area contributed by atoms with Crippen LogP contribution in [0, 0.1) is 5.92 Å². The molecule has 1 heterocycles. The first-order valence-corrected chi connectivity index (χ1v) is 11.8. The maximum Gasteiger partial charge on any atom is 0.251 e. The van der Waals surface area contributed by atoms with Crippen LogP contribution in [0.3, 0.4) is 0 Å². The number of nitrogens with one attached hydrogen (secondary N) is 1. The summed E-state index contributed by atoms with van der Waals surface area (Å²) in [7, 11) is 0.448. The SMILES string of the molecule is CC1CCN(S(=O)(=O)c2ccc(C(=O)NCC(c3ccccc3)N(C)C)cc2)CC1. The molecule has 1 aliphatic rings. The minimum Gasteiger partial charge on any atom is -0.350 e. The fraction of sp³-hybridized carbons (Fsp3) is 0.435. The van der Waals surface area contributed by atoms with Gasteiger partial charge in [0.25, 0.3) is 5.91 Å². The first-order chi connectivity index (χ1) is 14.3. The van der Waals surface area contributed by atoms with Crippen LogP contribution < -0.4 is 5.32 Å². The van der Waals surface area contributed by atoms with Crippen LogP contribution in [0.1, 0.15) is 41.7 Å². The number of carbonyl (C=O) groups is 1. The molecule has 1 unspecified atom stereocenters. The molecule has 1 N–H and O–H groups in total. The van der Waals surface area contributed by atoms with Crippen molar-refractivity contribution in [3.8, 4) is 0 Å². The van der Waals surface area contributed by atoms with Gasteiger partial charge in [-0.3, -0.25) is 4.79 Å². The largest absolute Gasteiger partial charge is 0.350 e. The normalized spacial score (nSPS) is 17.1. The molecule has 1 aliphatic heterocycles. The van der Waals surface area contributed by atoms with Gasteiger partial charge in [-0.2, -0.15) is 4.31 Å². The smallest absolute Gasteiger partial charge is 0.251 e.